The summed E-state index contributed by atoms with van der Waals surface area (Å²) in [5, 5.41) is 23.7. The Kier molecular flexibility index (Phi) is 6.59. The molecule has 172 valence electrons. The first-order valence-electron chi connectivity index (χ1n) is 10.5. The van der Waals surface area contributed by atoms with Crippen LogP contribution in [0.25, 0.3) is 16.6 Å². The maximum absolute atomic E-state index is 12.2. The van der Waals surface area contributed by atoms with Gasteiger partial charge in [0.25, 0.3) is 0 Å². The quantitative estimate of drug-likeness (QED) is 0.226. The Morgan fingerprint density at radius 3 is 2.62 bits per heavy atom. The molecule has 0 saturated carbocycles. The lowest BCUT2D eigenvalue weighted by Gasteiger charge is -2.08. The third-order valence-corrected chi connectivity index (χ3v) is 5.23. The number of aliphatic hydroxyl groups is 1. The van der Waals surface area contributed by atoms with Gasteiger partial charge in [0.2, 0.25) is 0 Å². The fraction of sp³-hybridized carbons (Fsp3) is 0.200. The summed E-state index contributed by atoms with van der Waals surface area (Å²) >= 11 is 0. The molecule has 9 heteroatoms. The van der Waals surface area contributed by atoms with Crippen molar-refractivity contribution in [3.05, 3.63) is 82.7 Å². The number of H-pyrrole nitrogens is 1. The van der Waals surface area contributed by atoms with Crippen LogP contribution in [-0.4, -0.2) is 32.8 Å². The molecule has 2 aromatic carbocycles. The number of aliphatic hydroxyl groups excluding tert-OH is 1. The number of carbonyl (C=O) groups excluding carboxylic acids is 1. The van der Waals surface area contributed by atoms with Gasteiger partial charge in [-0.15, -0.1) is 0 Å². The van der Waals surface area contributed by atoms with E-state index in [0.717, 1.165) is 22.3 Å². The van der Waals surface area contributed by atoms with Crippen LogP contribution < -0.4 is 4.74 Å². The van der Waals surface area contributed by atoms with Crippen molar-refractivity contribution >= 4 is 22.6 Å². The van der Waals surface area contributed by atoms with Gasteiger partial charge in [-0.2, -0.15) is 5.26 Å². The number of hydrogen-bond acceptors (Lipinski definition) is 8. The summed E-state index contributed by atoms with van der Waals surface area (Å²) < 4.78 is 16.0. The Morgan fingerprint density at radius 2 is 1.94 bits per heavy atom. The van der Waals surface area contributed by atoms with Crippen molar-refractivity contribution in [1.29, 1.82) is 5.26 Å². The van der Waals surface area contributed by atoms with Crippen LogP contribution in [0.15, 0.2) is 58.8 Å². The largest absolute Gasteiger partial charge is 0.507 e. The van der Waals surface area contributed by atoms with Crippen molar-refractivity contribution in [2.24, 2.45) is 0 Å². The molecular weight excluding hydrogens is 436 g/mol. The smallest absolute Gasteiger partial charge is 0.310 e. The summed E-state index contributed by atoms with van der Waals surface area (Å²) in [4.78, 5) is 19.5. The molecule has 2 aromatic heterocycles. The maximum Gasteiger partial charge on any atom is 0.310 e. The lowest BCUT2D eigenvalue weighted by atomic mass is 10.1. The zero-order valence-electron chi connectivity index (χ0n) is 18.7. The molecule has 0 bridgehead atoms. The van der Waals surface area contributed by atoms with Crippen LogP contribution >= 0.6 is 0 Å². The molecule has 2 N–H and O–H groups in total. The van der Waals surface area contributed by atoms with Gasteiger partial charge in [-0.25, -0.2) is 4.98 Å². The first-order chi connectivity index (χ1) is 16.4. The molecule has 0 amide bonds. The van der Waals surface area contributed by atoms with Gasteiger partial charge in [0.1, 0.15) is 36.4 Å². The molecule has 0 atom stereocenters. The van der Waals surface area contributed by atoms with E-state index in [1.807, 2.05) is 38.1 Å². The standard InChI is InChI=1S/C25H22N4O5/c1-15-20(16(2)34-29-15)13-32-18-9-7-17(8-10-18)11-24(31)33-14-23(30)19(12-26)25-27-21-5-3-4-6-22(21)28-25/h3-10,30H,11,13-14H2,1-2H3,(H,27,28)/b23-19-. The summed E-state index contributed by atoms with van der Waals surface area (Å²) in [6.45, 7) is 3.59. The highest BCUT2D eigenvalue weighted by Gasteiger charge is 2.15. The molecular formula is C25H22N4O5. The van der Waals surface area contributed by atoms with E-state index < -0.39 is 12.6 Å². The minimum Gasteiger partial charge on any atom is -0.507 e. The van der Waals surface area contributed by atoms with Crippen molar-refractivity contribution in [3.63, 3.8) is 0 Å². The Labute approximate surface area is 195 Å². The van der Waals surface area contributed by atoms with Crippen LogP contribution in [0.1, 0.15) is 28.4 Å². The number of aromatic nitrogens is 3. The predicted molar refractivity (Wildman–Crippen MR) is 123 cm³/mol. The average molecular weight is 458 g/mol. The Morgan fingerprint density at radius 1 is 1.18 bits per heavy atom. The second-order valence-corrected chi connectivity index (χ2v) is 7.61. The minimum absolute atomic E-state index is 0.00392. The van der Waals surface area contributed by atoms with Gasteiger partial charge in [0.15, 0.2) is 11.6 Å². The van der Waals surface area contributed by atoms with Crippen LogP contribution in [0.4, 0.5) is 0 Å². The molecule has 0 aliphatic rings. The predicted octanol–water partition coefficient (Wildman–Crippen LogP) is 4.33. The number of esters is 1. The number of fused-ring (bicyclic) bond motifs is 1. The fourth-order valence-corrected chi connectivity index (χ4v) is 3.33. The van der Waals surface area contributed by atoms with Gasteiger partial charge >= 0.3 is 5.97 Å². The van der Waals surface area contributed by atoms with Crippen molar-refractivity contribution in [2.75, 3.05) is 6.61 Å². The minimum atomic E-state index is -0.544. The molecule has 0 radical (unpaired) electrons. The molecule has 4 rings (SSSR count). The van der Waals surface area contributed by atoms with E-state index in [4.69, 9.17) is 14.0 Å². The number of rotatable bonds is 8. The molecule has 34 heavy (non-hydrogen) atoms. The summed E-state index contributed by atoms with van der Waals surface area (Å²) in [6, 6.07) is 16.2. The van der Waals surface area contributed by atoms with E-state index in [2.05, 4.69) is 15.1 Å². The van der Waals surface area contributed by atoms with Gasteiger partial charge in [0.05, 0.1) is 28.7 Å². The first-order valence-corrected chi connectivity index (χ1v) is 10.5. The number of benzene rings is 2. The van der Waals surface area contributed by atoms with Crippen LogP contribution in [0.2, 0.25) is 0 Å². The lowest BCUT2D eigenvalue weighted by molar-refractivity contribution is -0.142. The molecule has 4 aromatic rings. The number of imidazole rings is 1. The SMILES string of the molecule is Cc1noc(C)c1COc1ccc(CC(=O)OC/C(O)=C(\C#N)c2nc3ccccc3[nH]2)cc1. The van der Waals surface area contributed by atoms with Crippen molar-refractivity contribution in [2.45, 2.75) is 26.9 Å². The highest BCUT2D eigenvalue weighted by Crippen LogP contribution is 2.20. The number of allylic oxidation sites excluding steroid dienone is 1. The Balaban J connectivity index is 1.32. The number of para-hydroxylation sites is 2. The highest BCUT2D eigenvalue weighted by molar-refractivity contribution is 5.83. The first kappa shape index (κ1) is 22.6. The highest BCUT2D eigenvalue weighted by atomic mass is 16.5. The third kappa shape index (κ3) is 5.07. The summed E-state index contributed by atoms with van der Waals surface area (Å²) in [6.07, 6.45) is 0.00392. The van der Waals surface area contributed by atoms with Crippen molar-refractivity contribution in [3.8, 4) is 11.8 Å². The Bertz CT molecular complexity index is 1340. The summed E-state index contributed by atoms with van der Waals surface area (Å²) in [5.74, 6) is 0.650. The average Bonchev–Trinajstić information content (AvgIpc) is 3.40. The monoisotopic (exact) mass is 458 g/mol. The van der Waals surface area contributed by atoms with Crippen LogP contribution in [-0.2, 0) is 22.6 Å². The van der Waals surface area contributed by atoms with Gasteiger partial charge in [-0.1, -0.05) is 29.4 Å². The van der Waals surface area contributed by atoms with Crippen molar-refractivity contribution in [1.82, 2.24) is 15.1 Å². The number of carbonyl (C=O) groups is 1. The maximum atomic E-state index is 12.2. The number of nitriles is 1. The number of hydrogen-bond donors (Lipinski definition) is 2. The van der Waals surface area contributed by atoms with Gasteiger partial charge in [-0.3, -0.25) is 4.79 Å². The molecule has 9 nitrogen and oxygen atoms in total. The third-order valence-electron chi connectivity index (χ3n) is 5.23. The van der Waals surface area contributed by atoms with E-state index in [1.165, 1.54) is 0 Å². The molecule has 0 unspecified atom stereocenters. The number of aryl methyl sites for hydroxylation is 2. The number of ether oxygens (including phenoxy) is 2. The topological polar surface area (TPSA) is 134 Å². The lowest BCUT2D eigenvalue weighted by Crippen LogP contribution is -2.11. The van der Waals surface area contributed by atoms with Gasteiger partial charge in [-0.05, 0) is 43.7 Å². The van der Waals surface area contributed by atoms with Crippen LogP contribution in [0.5, 0.6) is 5.75 Å². The summed E-state index contributed by atoms with van der Waals surface area (Å²) in [5.41, 5.74) is 3.72. The normalized spacial score (nSPS) is 11.7. The van der Waals surface area contributed by atoms with Crippen LogP contribution in [0, 0.1) is 25.2 Å². The van der Waals surface area contributed by atoms with E-state index in [1.54, 1.807) is 30.3 Å². The fourth-order valence-electron chi connectivity index (χ4n) is 3.33. The molecule has 0 fully saturated rings. The molecule has 0 aliphatic heterocycles. The zero-order chi connectivity index (χ0) is 24.1. The second-order valence-electron chi connectivity index (χ2n) is 7.61. The van der Waals surface area contributed by atoms with E-state index in [9.17, 15) is 15.2 Å². The second kappa shape index (κ2) is 9.92. The zero-order valence-corrected chi connectivity index (χ0v) is 18.7. The van der Waals surface area contributed by atoms with Crippen molar-refractivity contribution < 1.29 is 23.9 Å². The number of aromatic amines is 1. The van der Waals surface area contributed by atoms with Gasteiger partial charge < -0.3 is 24.1 Å². The number of nitrogens with one attached hydrogen (secondary N) is 1. The number of nitrogens with zero attached hydrogens (tertiary/aromatic N) is 3. The van der Waals surface area contributed by atoms with Crippen LogP contribution in [0.3, 0.4) is 0 Å². The van der Waals surface area contributed by atoms with E-state index in [-0.39, 0.29) is 23.6 Å². The summed E-state index contributed by atoms with van der Waals surface area (Å²) in [7, 11) is 0. The molecule has 2 heterocycles. The van der Waals surface area contributed by atoms with Gasteiger partial charge in [0, 0.05) is 0 Å². The van der Waals surface area contributed by atoms with E-state index >= 15 is 0 Å². The molecule has 0 saturated heterocycles. The Hall–Kier alpha value is -4.58. The molecule has 0 spiro atoms. The van der Waals surface area contributed by atoms with E-state index in [0.29, 0.717) is 23.6 Å². The molecule has 0 aliphatic carbocycles.